The van der Waals surface area contributed by atoms with E-state index in [1.165, 1.54) is 12.0 Å². The van der Waals surface area contributed by atoms with E-state index >= 15 is 0 Å². The number of amides is 1. The molecule has 9 nitrogen and oxygen atoms in total. The molecule has 0 aliphatic carbocycles. The van der Waals surface area contributed by atoms with E-state index in [0.29, 0.717) is 34.9 Å². The lowest BCUT2D eigenvalue weighted by Gasteiger charge is -2.23. The molecular formula is C32H28N2O7S. The zero-order chi connectivity index (χ0) is 29.8. The summed E-state index contributed by atoms with van der Waals surface area (Å²) in [6.45, 7) is 3.81. The average Bonchev–Trinajstić information content (AvgIpc) is 3.52. The third-order valence-electron chi connectivity index (χ3n) is 6.68. The second kappa shape index (κ2) is 12.3. The second-order valence-corrected chi connectivity index (χ2v) is 10.4. The molecule has 1 amide bonds. The third kappa shape index (κ3) is 5.61. The van der Waals surface area contributed by atoms with E-state index in [4.69, 9.17) is 14.2 Å². The maximum atomic E-state index is 13.6. The van der Waals surface area contributed by atoms with Gasteiger partial charge in [0.1, 0.15) is 28.7 Å². The van der Waals surface area contributed by atoms with Crippen LogP contribution in [0.2, 0.25) is 0 Å². The second-order valence-electron chi connectivity index (χ2n) is 9.38. The molecule has 42 heavy (non-hydrogen) atoms. The first-order chi connectivity index (χ1) is 20.3. The van der Waals surface area contributed by atoms with Gasteiger partial charge in [0.05, 0.1) is 31.0 Å². The molecule has 0 bridgehead atoms. The summed E-state index contributed by atoms with van der Waals surface area (Å²) in [7, 11) is 1.52. The van der Waals surface area contributed by atoms with Gasteiger partial charge in [-0.3, -0.25) is 14.5 Å². The van der Waals surface area contributed by atoms with Gasteiger partial charge < -0.3 is 19.3 Å². The number of hydrogen-bond donors (Lipinski definition) is 1. The molecule has 1 fully saturated rings. The van der Waals surface area contributed by atoms with Crippen molar-refractivity contribution in [3.63, 3.8) is 0 Å². The van der Waals surface area contributed by atoms with E-state index in [1.54, 1.807) is 62.4 Å². The number of anilines is 1. The molecule has 1 N–H and O–H groups in total. The summed E-state index contributed by atoms with van der Waals surface area (Å²) in [5, 5.41) is 11.6. The van der Waals surface area contributed by atoms with E-state index in [9.17, 15) is 19.5 Å². The topological polar surface area (TPSA) is 115 Å². The van der Waals surface area contributed by atoms with Crippen LogP contribution in [0.25, 0.3) is 5.76 Å². The van der Waals surface area contributed by atoms with Crippen LogP contribution in [0.4, 0.5) is 5.13 Å². The van der Waals surface area contributed by atoms with E-state index in [0.717, 1.165) is 16.9 Å². The summed E-state index contributed by atoms with van der Waals surface area (Å²) in [5.74, 6) is -1.60. The average molecular weight is 585 g/mol. The van der Waals surface area contributed by atoms with Crippen molar-refractivity contribution >= 4 is 39.9 Å². The van der Waals surface area contributed by atoms with Crippen molar-refractivity contribution in [1.29, 1.82) is 0 Å². The van der Waals surface area contributed by atoms with Crippen LogP contribution in [-0.4, -0.2) is 41.5 Å². The summed E-state index contributed by atoms with van der Waals surface area (Å²) in [6, 6.07) is 22.1. The minimum atomic E-state index is -1.05. The third-order valence-corrected chi connectivity index (χ3v) is 7.82. The number of nitrogens with zero attached hydrogens (tertiary/aromatic N) is 2. The van der Waals surface area contributed by atoms with Gasteiger partial charge in [-0.2, -0.15) is 0 Å². The van der Waals surface area contributed by atoms with Crippen molar-refractivity contribution < 1.29 is 33.7 Å². The highest BCUT2D eigenvalue weighted by atomic mass is 32.1. The number of carbonyl (C=O) groups excluding carboxylic acids is 3. The van der Waals surface area contributed by atoms with Gasteiger partial charge in [-0.15, -0.1) is 0 Å². The van der Waals surface area contributed by atoms with Crippen LogP contribution in [0.15, 0.2) is 84.4 Å². The number of rotatable bonds is 9. The molecule has 2 heterocycles. The lowest BCUT2D eigenvalue weighted by atomic mass is 9.95. The molecule has 3 aromatic carbocycles. The number of esters is 1. The Morgan fingerprint density at radius 1 is 1.00 bits per heavy atom. The predicted octanol–water partition coefficient (Wildman–Crippen LogP) is 5.84. The van der Waals surface area contributed by atoms with E-state index < -0.39 is 23.7 Å². The van der Waals surface area contributed by atoms with Crippen LogP contribution in [0.1, 0.15) is 45.0 Å². The van der Waals surface area contributed by atoms with Gasteiger partial charge in [-0.25, -0.2) is 9.78 Å². The fourth-order valence-electron chi connectivity index (χ4n) is 4.64. The van der Waals surface area contributed by atoms with Crippen LogP contribution in [0, 0.1) is 6.92 Å². The van der Waals surface area contributed by atoms with Gasteiger partial charge in [0.15, 0.2) is 5.13 Å². The molecule has 0 spiro atoms. The zero-order valence-corrected chi connectivity index (χ0v) is 24.0. The molecule has 1 unspecified atom stereocenters. The normalized spacial score (nSPS) is 16.0. The van der Waals surface area contributed by atoms with Crippen LogP contribution in [-0.2, 0) is 20.9 Å². The summed E-state index contributed by atoms with van der Waals surface area (Å²) in [6.07, 6.45) is 0. The first-order valence-corrected chi connectivity index (χ1v) is 14.0. The Morgan fingerprint density at radius 3 is 2.43 bits per heavy atom. The Labute approximate surface area is 246 Å². The predicted molar refractivity (Wildman–Crippen MR) is 158 cm³/mol. The number of aryl methyl sites for hydroxylation is 1. The van der Waals surface area contributed by atoms with E-state index in [2.05, 4.69) is 4.98 Å². The standard InChI is InChI=1S/C32H28N2O7S/c1-4-40-31(38)29-19(2)33-32(42-29)34-26(22-11-8-12-24(17-22)41-18-20-9-6-5-7-10-20)25(28(36)30(34)37)27(35)21-13-15-23(39-3)16-14-21/h5-17,26,35H,4,18H2,1-3H3. The number of hydrogen-bond acceptors (Lipinski definition) is 9. The first-order valence-electron chi connectivity index (χ1n) is 13.2. The molecule has 0 saturated carbocycles. The van der Waals surface area contributed by atoms with Crippen LogP contribution < -0.4 is 14.4 Å². The number of ether oxygens (including phenoxy) is 3. The molecular weight excluding hydrogens is 556 g/mol. The molecule has 1 aliphatic heterocycles. The van der Waals surface area contributed by atoms with E-state index in [-0.39, 0.29) is 27.9 Å². The van der Waals surface area contributed by atoms with Crippen molar-refractivity contribution in [2.24, 2.45) is 0 Å². The minimum absolute atomic E-state index is 0.115. The molecule has 0 radical (unpaired) electrons. The summed E-state index contributed by atoms with van der Waals surface area (Å²) in [4.78, 5) is 45.6. The van der Waals surface area contributed by atoms with Gasteiger partial charge in [0, 0.05) is 5.56 Å². The van der Waals surface area contributed by atoms with Crippen molar-refractivity contribution in [3.05, 3.63) is 112 Å². The Morgan fingerprint density at radius 2 is 1.74 bits per heavy atom. The molecule has 1 aliphatic rings. The van der Waals surface area contributed by atoms with Crippen molar-refractivity contribution in [2.45, 2.75) is 26.5 Å². The number of ketones is 1. The lowest BCUT2D eigenvalue weighted by Crippen LogP contribution is -2.29. The van der Waals surface area contributed by atoms with Gasteiger partial charge in [0.2, 0.25) is 0 Å². The van der Waals surface area contributed by atoms with Crippen LogP contribution >= 0.6 is 11.3 Å². The summed E-state index contributed by atoms with van der Waals surface area (Å²) in [5.41, 5.74) is 2.07. The molecule has 214 valence electrons. The summed E-state index contributed by atoms with van der Waals surface area (Å²) >= 11 is 0.950. The minimum Gasteiger partial charge on any atom is -0.507 e. The number of Topliss-reactive ketones (excluding diaryl/α,β-unsaturated/α-hetero) is 1. The number of aliphatic hydroxyl groups is 1. The SMILES string of the molecule is CCOC(=O)c1sc(N2C(=O)C(=O)C(=C(O)c3ccc(OC)cc3)C2c2cccc(OCc3ccccc3)c2)nc1C. The van der Waals surface area contributed by atoms with Crippen LogP contribution in [0.5, 0.6) is 11.5 Å². The Balaban J connectivity index is 1.61. The smallest absolute Gasteiger partial charge is 0.350 e. The quantitative estimate of drug-likeness (QED) is 0.113. The number of benzene rings is 3. The lowest BCUT2D eigenvalue weighted by molar-refractivity contribution is -0.132. The molecule has 4 aromatic rings. The van der Waals surface area contributed by atoms with Crippen molar-refractivity contribution in [3.8, 4) is 11.5 Å². The number of carbonyl (C=O) groups is 3. The fraction of sp³-hybridized carbons (Fsp3) is 0.188. The first kappa shape index (κ1) is 28.6. The monoisotopic (exact) mass is 584 g/mol. The maximum absolute atomic E-state index is 13.6. The van der Waals surface area contributed by atoms with E-state index in [1.807, 2.05) is 30.3 Å². The van der Waals surface area contributed by atoms with Gasteiger partial charge in [0.25, 0.3) is 5.78 Å². The molecule has 1 saturated heterocycles. The molecule has 1 aromatic heterocycles. The van der Waals surface area contributed by atoms with Gasteiger partial charge in [-0.05, 0) is 61.4 Å². The fourth-order valence-corrected chi connectivity index (χ4v) is 5.62. The molecule has 5 rings (SSSR count). The molecule has 1 atom stereocenters. The number of aliphatic hydroxyl groups excluding tert-OH is 1. The Kier molecular flexibility index (Phi) is 8.35. The van der Waals surface area contributed by atoms with Crippen LogP contribution in [0.3, 0.4) is 0 Å². The van der Waals surface area contributed by atoms with Gasteiger partial charge >= 0.3 is 11.9 Å². The largest absolute Gasteiger partial charge is 0.507 e. The number of thiazole rings is 1. The number of aromatic nitrogens is 1. The zero-order valence-electron chi connectivity index (χ0n) is 23.2. The Bertz CT molecular complexity index is 1660. The van der Waals surface area contributed by atoms with Crippen molar-refractivity contribution in [2.75, 3.05) is 18.6 Å². The van der Waals surface area contributed by atoms with Gasteiger partial charge in [-0.1, -0.05) is 53.8 Å². The highest BCUT2D eigenvalue weighted by Crippen LogP contribution is 2.44. The Hall–Kier alpha value is -4.96. The highest BCUT2D eigenvalue weighted by Gasteiger charge is 2.48. The maximum Gasteiger partial charge on any atom is 0.350 e. The highest BCUT2D eigenvalue weighted by molar-refractivity contribution is 7.17. The number of methoxy groups -OCH3 is 1. The summed E-state index contributed by atoms with van der Waals surface area (Å²) < 4.78 is 16.4. The van der Waals surface area contributed by atoms with Crippen molar-refractivity contribution in [1.82, 2.24) is 4.98 Å². The molecule has 10 heteroatoms.